The number of aryl methyl sites for hydroxylation is 1. The third kappa shape index (κ3) is 2.76. The zero-order chi connectivity index (χ0) is 14.8. The van der Waals surface area contributed by atoms with Crippen molar-refractivity contribution in [1.82, 2.24) is 10.3 Å². The van der Waals surface area contributed by atoms with Crippen LogP contribution in [0, 0.1) is 6.92 Å². The number of anilines is 2. The number of rotatable bonds is 3. The summed E-state index contributed by atoms with van der Waals surface area (Å²) >= 11 is 1.77. The second kappa shape index (κ2) is 6.03. The van der Waals surface area contributed by atoms with E-state index in [1.54, 1.807) is 11.3 Å². The van der Waals surface area contributed by atoms with Crippen molar-refractivity contribution in [2.75, 3.05) is 25.1 Å². The SMILES string of the molecule is CNC(C)c1sc(N2CCCOc3ccccc32)nc1C. The van der Waals surface area contributed by atoms with Gasteiger partial charge >= 0.3 is 0 Å². The second-order valence-corrected chi connectivity index (χ2v) is 6.29. The van der Waals surface area contributed by atoms with Gasteiger partial charge in [-0.05, 0) is 39.4 Å². The molecule has 0 amide bonds. The molecule has 0 fully saturated rings. The van der Waals surface area contributed by atoms with Crippen molar-refractivity contribution in [3.8, 4) is 5.75 Å². The van der Waals surface area contributed by atoms with Gasteiger partial charge in [0.05, 0.1) is 18.0 Å². The van der Waals surface area contributed by atoms with E-state index in [-0.39, 0.29) is 0 Å². The number of thiazole rings is 1. The average Bonchev–Trinajstić information content (AvgIpc) is 2.76. The van der Waals surface area contributed by atoms with Gasteiger partial charge in [0.15, 0.2) is 5.13 Å². The van der Waals surface area contributed by atoms with Crippen molar-refractivity contribution < 1.29 is 4.74 Å². The Hall–Kier alpha value is -1.59. The quantitative estimate of drug-likeness (QED) is 0.939. The van der Waals surface area contributed by atoms with Gasteiger partial charge in [0, 0.05) is 17.5 Å². The fourth-order valence-corrected chi connectivity index (χ4v) is 3.74. The molecular weight excluding hydrogens is 282 g/mol. The standard InChI is InChI=1S/C16H21N3OS/c1-11(17-3)15-12(2)18-16(21-15)19-9-6-10-20-14-8-5-4-7-13(14)19/h4-5,7-8,11,17H,6,9-10H2,1-3H3. The zero-order valence-electron chi connectivity index (χ0n) is 12.7. The van der Waals surface area contributed by atoms with Gasteiger partial charge in [0.25, 0.3) is 0 Å². The monoisotopic (exact) mass is 303 g/mol. The molecule has 1 aromatic heterocycles. The molecule has 0 aliphatic carbocycles. The highest BCUT2D eigenvalue weighted by Crippen LogP contribution is 2.39. The molecule has 2 heterocycles. The van der Waals surface area contributed by atoms with Crippen LogP contribution in [0.2, 0.25) is 0 Å². The first-order valence-electron chi connectivity index (χ1n) is 7.34. The lowest BCUT2D eigenvalue weighted by molar-refractivity contribution is 0.322. The molecule has 1 aliphatic rings. The number of aromatic nitrogens is 1. The topological polar surface area (TPSA) is 37.4 Å². The van der Waals surface area contributed by atoms with E-state index in [1.807, 2.05) is 19.2 Å². The molecule has 1 atom stereocenters. The summed E-state index contributed by atoms with van der Waals surface area (Å²) in [5.74, 6) is 0.950. The first-order valence-corrected chi connectivity index (χ1v) is 8.16. The normalized spacial score (nSPS) is 16.0. The van der Waals surface area contributed by atoms with Gasteiger partial charge in [-0.25, -0.2) is 4.98 Å². The molecular formula is C16H21N3OS. The number of ether oxygens (including phenoxy) is 1. The summed E-state index contributed by atoms with van der Waals surface area (Å²) in [6.45, 7) is 5.96. The number of nitrogens with zero attached hydrogens (tertiary/aromatic N) is 2. The number of hydrogen-bond acceptors (Lipinski definition) is 5. The molecule has 21 heavy (non-hydrogen) atoms. The predicted octanol–water partition coefficient (Wildman–Crippen LogP) is 3.65. The maximum absolute atomic E-state index is 5.83. The number of nitrogens with one attached hydrogen (secondary N) is 1. The average molecular weight is 303 g/mol. The predicted molar refractivity (Wildman–Crippen MR) is 87.9 cm³/mol. The van der Waals surface area contributed by atoms with E-state index in [9.17, 15) is 0 Å². The lowest BCUT2D eigenvalue weighted by Gasteiger charge is -2.20. The van der Waals surface area contributed by atoms with Crippen molar-refractivity contribution >= 4 is 22.2 Å². The number of benzene rings is 1. The molecule has 5 heteroatoms. The number of fused-ring (bicyclic) bond motifs is 1. The molecule has 0 spiro atoms. The van der Waals surface area contributed by atoms with Crippen LogP contribution in [0.5, 0.6) is 5.75 Å². The van der Waals surface area contributed by atoms with E-state index < -0.39 is 0 Å². The van der Waals surface area contributed by atoms with Crippen molar-refractivity contribution in [2.45, 2.75) is 26.3 Å². The van der Waals surface area contributed by atoms with Gasteiger partial charge in [-0.2, -0.15) is 0 Å². The van der Waals surface area contributed by atoms with Crippen molar-refractivity contribution in [3.05, 3.63) is 34.8 Å². The van der Waals surface area contributed by atoms with Crippen LogP contribution in [0.1, 0.15) is 30.0 Å². The third-order valence-corrected chi connectivity index (χ3v) is 5.18. The van der Waals surface area contributed by atoms with E-state index in [0.29, 0.717) is 6.04 Å². The second-order valence-electron chi connectivity index (χ2n) is 5.28. The van der Waals surface area contributed by atoms with Gasteiger partial charge in [-0.3, -0.25) is 0 Å². The fourth-order valence-electron chi connectivity index (χ4n) is 2.57. The zero-order valence-corrected chi connectivity index (χ0v) is 13.5. The molecule has 0 saturated heterocycles. The number of para-hydroxylation sites is 2. The molecule has 2 aromatic rings. The molecule has 112 valence electrons. The van der Waals surface area contributed by atoms with Crippen molar-refractivity contribution in [1.29, 1.82) is 0 Å². The summed E-state index contributed by atoms with van der Waals surface area (Å²) in [6, 6.07) is 8.54. The van der Waals surface area contributed by atoms with Crippen LogP contribution < -0.4 is 15.0 Å². The van der Waals surface area contributed by atoms with Gasteiger partial charge in [-0.15, -0.1) is 0 Å². The van der Waals surface area contributed by atoms with Crippen LogP contribution in [0.3, 0.4) is 0 Å². The highest BCUT2D eigenvalue weighted by atomic mass is 32.1. The Kier molecular flexibility index (Phi) is 4.12. The minimum atomic E-state index is 0.328. The smallest absolute Gasteiger partial charge is 0.190 e. The van der Waals surface area contributed by atoms with E-state index in [2.05, 4.69) is 36.2 Å². The Bertz CT molecular complexity index is 626. The maximum atomic E-state index is 5.83. The lowest BCUT2D eigenvalue weighted by atomic mass is 10.2. The number of hydrogen-bond donors (Lipinski definition) is 1. The third-order valence-electron chi connectivity index (χ3n) is 3.82. The summed E-state index contributed by atoms with van der Waals surface area (Å²) in [4.78, 5) is 8.38. The summed E-state index contributed by atoms with van der Waals surface area (Å²) in [6.07, 6.45) is 1.00. The van der Waals surface area contributed by atoms with Gasteiger partial charge in [0.1, 0.15) is 5.75 Å². The Morgan fingerprint density at radius 3 is 3.00 bits per heavy atom. The van der Waals surface area contributed by atoms with Crippen LogP contribution in [-0.2, 0) is 0 Å². The summed E-state index contributed by atoms with van der Waals surface area (Å²) < 4.78 is 5.83. The van der Waals surface area contributed by atoms with Gasteiger partial charge in [-0.1, -0.05) is 23.5 Å². The van der Waals surface area contributed by atoms with E-state index in [1.165, 1.54) is 4.88 Å². The molecule has 0 radical (unpaired) electrons. The highest BCUT2D eigenvalue weighted by Gasteiger charge is 2.22. The van der Waals surface area contributed by atoms with E-state index in [0.717, 1.165) is 41.8 Å². The minimum absolute atomic E-state index is 0.328. The maximum Gasteiger partial charge on any atom is 0.190 e. The minimum Gasteiger partial charge on any atom is -0.491 e. The molecule has 1 unspecified atom stereocenters. The van der Waals surface area contributed by atoms with Crippen LogP contribution in [-0.4, -0.2) is 25.2 Å². The van der Waals surface area contributed by atoms with Gasteiger partial charge < -0.3 is 15.0 Å². The van der Waals surface area contributed by atoms with Crippen LogP contribution in [0.15, 0.2) is 24.3 Å². The first kappa shape index (κ1) is 14.4. The van der Waals surface area contributed by atoms with E-state index in [4.69, 9.17) is 9.72 Å². The van der Waals surface area contributed by atoms with Crippen LogP contribution in [0.4, 0.5) is 10.8 Å². The summed E-state index contributed by atoms with van der Waals surface area (Å²) in [5, 5.41) is 4.35. The molecule has 1 aliphatic heterocycles. The summed E-state index contributed by atoms with van der Waals surface area (Å²) in [7, 11) is 1.98. The molecule has 3 rings (SSSR count). The Balaban J connectivity index is 2.00. The summed E-state index contributed by atoms with van der Waals surface area (Å²) in [5.41, 5.74) is 2.23. The highest BCUT2D eigenvalue weighted by molar-refractivity contribution is 7.15. The van der Waals surface area contributed by atoms with Crippen molar-refractivity contribution in [2.24, 2.45) is 0 Å². The van der Waals surface area contributed by atoms with Crippen LogP contribution in [0.25, 0.3) is 0 Å². The Morgan fingerprint density at radius 2 is 2.19 bits per heavy atom. The fraction of sp³-hybridized carbons (Fsp3) is 0.438. The molecule has 0 bridgehead atoms. The molecule has 4 nitrogen and oxygen atoms in total. The van der Waals surface area contributed by atoms with Crippen molar-refractivity contribution in [3.63, 3.8) is 0 Å². The Labute approximate surface area is 129 Å². The largest absolute Gasteiger partial charge is 0.491 e. The molecule has 1 aromatic carbocycles. The Morgan fingerprint density at radius 1 is 1.38 bits per heavy atom. The molecule has 1 N–H and O–H groups in total. The van der Waals surface area contributed by atoms with Crippen LogP contribution >= 0.6 is 11.3 Å². The first-order chi connectivity index (χ1) is 10.2. The van der Waals surface area contributed by atoms with Gasteiger partial charge in [0.2, 0.25) is 0 Å². The van der Waals surface area contributed by atoms with E-state index >= 15 is 0 Å². The lowest BCUT2D eigenvalue weighted by Crippen LogP contribution is -2.17. The molecule has 0 saturated carbocycles.